The summed E-state index contributed by atoms with van der Waals surface area (Å²) >= 11 is 0. The van der Waals surface area contributed by atoms with Crippen molar-refractivity contribution in [3.8, 4) is 0 Å². The molecule has 1 N–H and O–H groups in total. The predicted molar refractivity (Wildman–Crippen MR) is 75.5 cm³/mol. The second-order valence-corrected chi connectivity index (χ2v) is 6.07. The molecule has 1 aliphatic carbocycles. The van der Waals surface area contributed by atoms with Gasteiger partial charge in [0, 0.05) is 43.9 Å². The van der Waals surface area contributed by atoms with Crippen molar-refractivity contribution in [3.05, 3.63) is 35.1 Å². The molecule has 0 unspecified atom stereocenters. The fraction of sp³-hybridized carbons (Fsp3) is 0.625. The van der Waals surface area contributed by atoms with E-state index in [1.807, 2.05) is 0 Å². The normalized spacial score (nSPS) is 22.6. The average Bonchev–Trinajstić information content (AvgIpc) is 2.99. The SMILES string of the molecule is Fc1cc(F)c(F)c([C@@H](C2CCCC2)N2CCNCC2)c1. The molecule has 0 aromatic heterocycles. The van der Waals surface area contributed by atoms with E-state index in [0.29, 0.717) is 12.0 Å². The molecule has 0 amide bonds. The first kappa shape index (κ1) is 14.9. The lowest BCUT2D eigenvalue weighted by molar-refractivity contribution is 0.121. The zero-order chi connectivity index (χ0) is 14.8. The molecular formula is C16H21F3N2. The summed E-state index contributed by atoms with van der Waals surface area (Å²) in [7, 11) is 0. The van der Waals surface area contributed by atoms with Crippen molar-refractivity contribution < 1.29 is 13.2 Å². The van der Waals surface area contributed by atoms with E-state index in [0.717, 1.165) is 51.9 Å². The molecule has 1 saturated heterocycles. The number of hydrogen-bond acceptors (Lipinski definition) is 2. The summed E-state index contributed by atoms with van der Waals surface area (Å²) in [5, 5.41) is 3.27. The molecule has 1 aromatic carbocycles. The van der Waals surface area contributed by atoms with Gasteiger partial charge in [0.1, 0.15) is 5.82 Å². The second kappa shape index (κ2) is 6.36. The summed E-state index contributed by atoms with van der Waals surface area (Å²) in [5.74, 6) is -2.37. The highest BCUT2D eigenvalue weighted by atomic mass is 19.2. The number of benzene rings is 1. The Labute approximate surface area is 123 Å². The minimum atomic E-state index is -1.08. The zero-order valence-corrected chi connectivity index (χ0v) is 12.0. The van der Waals surface area contributed by atoms with Crippen LogP contribution in [0.2, 0.25) is 0 Å². The molecule has 2 fully saturated rings. The smallest absolute Gasteiger partial charge is 0.163 e. The number of halogens is 3. The highest BCUT2D eigenvalue weighted by molar-refractivity contribution is 5.25. The van der Waals surface area contributed by atoms with E-state index in [2.05, 4.69) is 10.2 Å². The van der Waals surface area contributed by atoms with Gasteiger partial charge in [0.05, 0.1) is 0 Å². The van der Waals surface area contributed by atoms with Crippen LogP contribution in [0.5, 0.6) is 0 Å². The maximum atomic E-state index is 14.3. The molecular weight excluding hydrogens is 277 g/mol. The molecule has 1 aliphatic heterocycles. The van der Waals surface area contributed by atoms with Gasteiger partial charge in [0.2, 0.25) is 0 Å². The summed E-state index contributed by atoms with van der Waals surface area (Å²) in [6.07, 6.45) is 4.25. The maximum Gasteiger partial charge on any atom is 0.163 e. The molecule has 0 radical (unpaired) electrons. The Morgan fingerprint density at radius 1 is 1.05 bits per heavy atom. The zero-order valence-electron chi connectivity index (χ0n) is 12.0. The third-order valence-corrected chi connectivity index (χ3v) is 4.73. The monoisotopic (exact) mass is 298 g/mol. The van der Waals surface area contributed by atoms with Crippen LogP contribution in [-0.2, 0) is 0 Å². The lowest BCUT2D eigenvalue weighted by Crippen LogP contribution is -2.47. The maximum absolute atomic E-state index is 14.3. The van der Waals surface area contributed by atoms with Crippen LogP contribution < -0.4 is 5.32 Å². The lowest BCUT2D eigenvalue weighted by atomic mass is 9.89. The van der Waals surface area contributed by atoms with Crippen LogP contribution >= 0.6 is 0 Å². The van der Waals surface area contributed by atoms with E-state index < -0.39 is 17.5 Å². The van der Waals surface area contributed by atoms with Crippen molar-refractivity contribution in [1.29, 1.82) is 0 Å². The van der Waals surface area contributed by atoms with Crippen LogP contribution in [0.3, 0.4) is 0 Å². The van der Waals surface area contributed by atoms with Gasteiger partial charge in [-0.2, -0.15) is 0 Å². The van der Waals surface area contributed by atoms with Gasteiger partial charge in [0.15, 0.2) is 11.6 Å². The largest absolute Gasteiger partial charge is 0.314 e. The van der Waals surface area contributed by atoms with E-state index in [9.17, 15) is 13.2 Å². The number of rotatable bonds is 3. The Balaban J connectivity index is 1.97. The van der Waals surface area contributed by atoms with Crippen molar-refractivity contribution in [2.45, 2.75) is 31.7 Å². The van der Waals surface area contributed by atoms with Crippen LogP contribution in [0.15, 0.2) is 12.1 Å². The summed E-state index contributed by atoms with van der Waals surface area (Å²) in [5.41, 5.74) is 0.196. The van der Waals surface area contributed by atoms with Crippen molar-refractivity contribution in [1.82, 2.24) is 10.2 Å². The summed E-state index contributed by atoms with van der Waals surface area (Å²) in [6, 6.07) is 1.60. The van der Waals surface area contributed by atoms with Gasteiger partial charge < -0.3 is 5.32 Å². The first-order chi connectivity index (χ1) is 10.2. The Morgan fingerprint density at radius 2 is 1.71 bits per heavy atom. The topological polar surface area (TPSA) is 15.3 Å². The standard InChI is InChI=1S/C16H21F3N2/c17-12-9-13(15(19)14(18)10-12)16(11-3-1-2-4-11)21-7-5-20-6-8-21/h9-11,16,20H,1-8H2/t16-/m1/s1. The first-order valence-corrected chi connectivity index (χ1v) is 7.76. The summed E-state index contributed by atoms with van der Waals surface area (Å²) in [6.45, 7) is 3.25. The van der Waals surface area contributed by atoms with Gasteiger partial charge in [-0.25, -0.2) is 13.2 Å². The lowest BCUT2D eigenvalue weighted by Gasteiger charge is -2.38. The van der Waals surface area contributed by atoms with Crippen LogP contribution in [0, 0.1) is 23.4 Å². The van der Waals surface area contributed by atoms with Crippen molar-refractivity contribution in [2.24, 2.45) is 5.92 Å². The third-order valence-electron chi connectivity index (χ3n) is 4.73. The Hall–Kier alpha value is -1.07. The molecule has 116 valence electrons. The molecule has 0 bridgehead atoms. The van der Waals surface area contributed by atoms with E-state index >= 15 is 0 Å². The minimum Gasteiger partial charge on any atom is -0.314 e. The Morgan fingerprint density at radius 3 is 2.38 bits per heavy atom. The summed E-state index contributed by atoms with van der Waals surface area (Å²) in [4.78, 5) is 2.18. The molecule has 2 aliphatic rings. The quantitative estimate of drug-likeness (QED) is 0.862. The number of nitrogens with zero attached hydrogens (tertiary/aromatic N) is 1. The van der Waals surface area contributed by atoms with Crippen molar-refractivity contribution >= 4 is 0 Å². The molecule has 3 rings (SSSR count). The molecule has 1 saturated carbocycles. The molecule has 5 heteroatoms. The third kappa shape index (κ3) is 3.09. The van der Waals surface area contributed by atoms with Crippen molar-refractivity contribution in [2.75, 3.05) is 26.2 Å². The van der Waals surface area contributed by atoms with Gasteiger partial charge in [-0.15, -0.1) is 0 Å². The molecule has 21 heavy (non-hydrogen) atoms. The first-order valence-electron chi connectivity index (χ1n) is 7.76. The molecule has 1 heterocycles. The Kier molecular flexibility index (Phi) is 4.50. The van der Waals surface area contributed by atoms with Crippen molar-refractivity contribution in [3.63, 3.8) is 0 Å². The van der Waals surface area contributed by atoms with E-state index in [1.54, 1.807) is 0 Å². The Bertz CT molecular complexity index is 495. The molecule has 1 aromatic rings. The van der Waals surface area contributed by atoms with Gasteiger partial charge in [-0.3, -0.25) is 4.90 Å². The van der Waals surface area contributed by atoms with E-state index in [1.165, 1.54) is 6.07 Å². The highest BCUT2D eigenvalue weighted by Gasteiger charge is 2.34. The number of nitrogens with one attached hydrogen (secondary N) is 1. The second-order valence-electron chi connectivity index (χ2n) is 6.07. The number of piperazine rings is 1. The van der Waals surface area contributed by atoms with Crippen LogP contribution in [0.4, 0.5) is 13.2 Å². The fourth-order valence-electron chi connectivity index (χ4n) is 3.77. The molecule has 2 nitrogen and oxygen atoms in total. The highest BCUT2D eigenvalue weighted by Crippen LogP contribution is 2.41. The van der Waals surface area contributed by atoms with Gasteiger partial charge in [-0.1, -0.05) is 12.8 Å². The van der Waals surface area contributed by atoms with E-state index in [-0.39, 0.29) is 11.6 Å². The van der Waals surface area contributed by atoms with Gasteiger partial charge in [0.25, 0.3) is 0 Å². The van der Waals surface area contributed by atoms with Gasteiger partial charge >= 0.3 is 0 Å². The molecule has 0 spiro atoms. The van der Waals surface area contributed by atoms with Crippen LogP contribution in [0.25, 0.3) is 0 Å². The summed E-state index contributed by atoms with van der Waals surface area (Å²) < 4.78 is 41.4. The van der Waals surface area contributed by atoms with Crippen LogP contribution in [-0.4, -0.2) is 31.1 Å². The average molecular weight is 298 g/mol. The molecule has 1 atom stereocenters. The minimum absolute atomic E-state index is 0.196. The predicted octanol–water partition coefficient (Wildman–Crippen LogP) is 3.24. The number of hydrogen-bond donors (Lipinski definition) is 1. The van der Waals surface area contributed by atoms with Gasteiger partial charge in [-0.05, 0) is 24.8 Å². The van der Waals surface area contributed by atoms with E-state index in [4.69, 9.17) is 0 Å². The van der Waals surface area contributed by atoms with Crippen LogP contribution in [0.1, 0.15) is 37.3 Å². The fourth-order valence-corrected chi connectivity index (χ4v) is 3.77.